The number of aryl methyl sites for hydroxylation is 1. The van der Waals surface area contributed by atoms with Crippen molar-refractivity contribution >= 4 is 28.1 Å². The summed E-state index contributed by atoms with van der Waals surface area (Å²) in [5.41, 5.74) is 1.84. The Morgan fingerprint density at radius 3 is 2.77 bits per heavy atom. The van der Waals surface area contributed by atoms with Crippen LogP contribution in [0.2, 0.25) is 5.02 Å². The molecule has 22 heavy (non-hydrogen) atoms. The second-order valence-corrected chi connectivity index (χ2v) is 6.43. The standard InChI is InChI=1S/C17H18ClN3O/c18-13-5-4-6-14-15(13)17(22)19-16-12(7-10-21(14)16)11-20-8-2-1-3-9-20/h4-6,11H,1-3,7-10H2/b12-11+. The highest BCUT2D eigenvalue weighted by Gasteiger charge is 2.22. The molecule has 1 fully saturated rings. The predicted molar refractivity (Wildman–Crippen MR) is 89.0 cm³/mol. The van der Waals surface area contributed by atoms with Crippen LogP contribution in [0.15, 0.2) is 29.2 Å². The number of hydrogen-bond acceptors (Lipinski definition) is 3. The van der Waals surface area contributed by atoms with Crippen LogP contribution in [0.3, 0.4) is 0 Å². The van der Waals surface area contributed by atoms with Gasteiger partial charge in [0.25, 0.3) is 5.56 Å². The van der Waals surface area contributed by atoms with E-state index in [4.69, 9.17) is 11.6 Å². The Labute approximate surface area is 134 Å². The van der Waals surface area contributed by atoms with Gasteiger partial charge in [-0.1, -0.05) is 17.7 Å². The molecule has 2 aliphatic heterocycles. The molecular weight excluding hydrogens is 298 g/mol. The molecule has 0 saturated carbocycles. The number of aromatic nitrogens is 2. The first-order chi connectivity index (χ1) is 10.7. The lowest BCUT2D eigenvalue weighted by Crippen LogP contribution is -2.24. The number of fused-ring (bicyclic) bond motifs is 3. The maximum atomic E-state index is 12.3. The molecule has 1 saturated heterocycles. The van der Waals surface area contributed by atoms with Crippen LogP contribution in [0.1, 0.15) is 31.5 Å². The summed E-state index contributed by atoms with van der Waals surface area (Å²) >= 11 is 6.18. The molecule has 0 N–H and O–H groups in total. The van der Waals surface area contributed by atoms with Crippen LogP contribution in [-0.2, 0) is 6.54 Å². The molecule has 0 amide bonds. The van der Waals surface area contributed by atoms with Gasteiger partial charge >= 0.3 is 0 Å². The van der Waals surface area contributed by atoms with Gasteiger partial charge in [0, 0.05) is 31.4 Å². The molecule has 0 spiro atoms. The van der Waals surface area contributed by atoms with Crippen LogP contribution in [0.4, 0.5) is 0 Å². The Morgan fingerprint density at radius 2 is 1.95 bits per heavy atom. The number of benzene rings is 1. The van der Waals surface area contributed by atoms with E-state index >= 15 is 0 Å². The van der Waals surface area contributed by atoms with Gasteiger partial charge in [-0.15, -0.1) is 0 Å². The topological polar surface area (TPSA) is 38.1 Å². The molecule has 2 aliphatic rings. The zero-order chi connectivity index (χ0) is 15.1. The smallest absolute Gasteiger partial charge is 0.282 e. The molecule has 3 heterocycles. The van der Waals surface area contributed by atoms with Crippen molar-refractivity contribution in [1.82, 2.24) is 14.5 Å². The maximum Gasteiger partial charge on any atom is 0.282 e. The second-order valence-electron chi connectivity index (χ2n) is 6.03. The Bertz CT molecular complexity index is 818. The van der Waals surface area contributed by atoms with Crippen molar-refractivity contribution < 1.29 is 0 Å². The van der Waals surface area contributed by atoms with Gasteiger partial charge in [0.1, 0.15) is 5.82 Å². The molecule has 1 aromatic heterocycles. The van der Waals surface area contributed by atoms with Crippen molar-refractivity contribution in [3.8, 4) is 0 Å². The number of halogens is 1. The number of piperidine rings is 1. The lowest BCUT2D eigenvalue weighted by Gasteiger charge is -2.25. The fourth-order valence-corrected chi connectivity index (χ4v) is 3.73. The van der Waals surface area contributed by atoms with Crippen LogP contribution in [0.5, 0.6) is 0 Å². The molecule has 114 valence electrons. The van der Waals surface area contributed by atoms with Gasteiger partial charge in [0.15, 0.2) is 0 Å². The Hall–Kier alpha value is -1.81. The van der Waals surface area contributed by atoms with Gasteiger partial charge in [0.2, 0.25) is 0 Å². The second kappa shape index (κ2) is 5.43. The highest BCUT2D eigenvalue weighted by molar-refractivity contribution is 6.35. The molecule has 1 aromatic carbocycles. The minimum atomic E-state index is -0.224. The largest absolute Gasteiger partial charge is 0.377 e. The summed E-state index contributed by atoms with van der Waals surface area (Å²) in [6, 6.07) is 5.60. The van der Waals surface area contributed by atoms with E-state index in [1.54, 1.807) is 6.07 Å². The van der Waals surface area contributed by atoms with Crippen molar-refractivity contribution in [2.75, 3.05) is 13.1 Å². The van der Waals surface area contributed by atoms with Crippen LogP contribution in [0, 0.1) is 0 Å². The highest BCUT2D eigenvalue weighted by atomic mass is 35.5. The molecule has 4 rings (SSSR count). The van der Waals surface area contributed by atoms with Gasteiger partial charge in [0.05, 0.1) is 15.9 Å². The summed E-state index contributed by atoms with van der Waals surface area (Å²) in [7, 11) is 0. The van der Waals surface area contributed by atoms with Gasteiger partial charge < -0.3 is 9.47 Å². The molecule has 0 bridgehead atoms. The van der Waals surface area contributed by atoms with Gasteiger partial charge in [-0.05, 0) is 37.8 Å². The molecule has 4 nitrogen and oxygen atoms in total. The van der Waals surface area contributed by atoms with Crippen LogP contribution in [-0.4, -0.2) is 27.5 Å². The molecule has 0 unspecified atom stereocenters. The number of likely N-dealkylation sites (tertiary alicyclic amines) is 1. The quantitative estimate of drug-likeness (QED) is 0.810. The summed E-state index contributed by atoms with van der Waals surface area (Å²) < 4.78 is 2.12. The first kappa shape index (κ1) is 13.8. The lowest BCUT2D eigenvalue weighted by molar-refractivity contribution is 0.310. The minimum absolute atomic E-state index is 0.224. The summed E-state index contributed by atoms with van der Waals surface area (Å²) in [5, 5.41) is 1.02. The van der Waals surface area contributed by atoms with E-state index in [2.05, 4.69) is 20.7 Å². The molecule has 5 heteroatoms. The zero-order valence-electron chi connectivity index (χ0n) is 12.4. The number of rotatable bonds is 1. The Morgan fingerprint density at radius 1 is 1.14 bits per heavy atom. The first-order valence-electron chi connectivity index (χ1n) is 7.88. The van der Waals surface area contributed by atoms with E-state index in [1.807, 2.05) is 12.1 Å². The minimum Gasteiger partial charge on any atom is -0.377 e. The Balaban J connectivity index is 1.84. The molecule has 0 aliphatic carbocycles. The van der Waals surface area contributed by atoms with Crippen molar-refractivity contribution in [3.05, 3.63) is 45.6 Å². The van der Waals surface area contributed by atoms with Crippen LogP contribution >= 0.6 is 11.6 Å². The maximum absolute atomic E-state index is 12.3. The third-order valence-electron chi connectivity index (χ3n) is 4.58. The third-order valence-corrected chi connectivity index (χ3v) is 4.90. The van der Waals surface area contributed by atoms with Crippen molar-refractivity contribution in [1.29, 1.82) is 0 Å². The lowest BCUT2D eigenvalue weighted by atomic mass is 10.1. The summed E-state index contributed by atoms with van der Waals surface area (Å²) in [4.78, 5) is 19.0. The van der Waals surface area contributed by atoms with Crippen molar-refractivity contribution in [2.24, 2.45) is 0 Å². The number of allylic oxidation sites excluding steroid dienone is 1. The normalized spacial score (nSPS) is 19.9. The third kappa shape index (κ3) is 2.22. The average molecular weight is 316 g/mol. The average Bonchev–Trinajstić information content (AvgIpc) is 2.91. The van der Waals surface area contributed by atoms with Gasteiger partial charge in [-0.25, -0.2) is 0 Å². The summed E-state index contributed by atoms with van der Waals surface area (Å²) in [6.45, 7) is 3.07. The van der Waals surface area contributed by atoms with E-state index in [9.17, 15) is 4.79 Å². The van der Waals surface area contributed by atoms with Crippen LogP contribution in [0.25, 0.3) is 16.5 Å². The van der Waals surface area contributed by atoms with E-state index in [-0.39, 0.29) is 5.56 Å². The first-order valence-corrected chi connectivity index (χ1v) is 8.26. The molecule has 0 radical (unpaired) electrons. The summed E-state index contributed by atoms with van der Waals surface area (Å²) in [6.07, 6.45) is 6.95. The predicted octanol–water partition coefficient (Wildman–Crippen LogP) is 3.28. The van der Waals surface area contributed by atoms with Crippen molar-refractivity contribution in [3.63, 3.8) is 0 Å². The fraction of sp³-hybridized carbons (Fsp3) is 0.412. The van der Waals surface area contributed by atoms with E-state index in [0.29, 0.717) is 10.4 Å². The van der Waals surface area contributed by atoms with Gasteiger partial charge in [-0.3, -0.25) is 4.79 Å². The van der Waals surface area contributed by atoms with E-state index in [1.165, 1.54) is 24.8 Å². The Kier molecular flexibility index (Phi) is 3.41. The number of hydrogen-bond donors (Lipinski definition) is 0. The van der Waals surface area contributed by atoms with Crippen molar-refractivity contribution in [2.45, 2.75) is 32.2 Å². The highest BCUT2D eigenvalue weighted by Crippen LogP contribution is 2.30. The monoisotopic (exact) mass is 315 g/mol. The van der Waals surface area contributed by atoms with E-state index < -0.39 is 0 Å². The molecule has 0 atom stereocenters. The van der Waals surface area contributed by atoms with Crippen LogP contribution < -0.4 is 5.56 Å². The number of nitrogens with zero attached hydrogens (tertiary/aromatic N) is 3. The SMILES string of the molecule is O=c1nc2n(c3cccc(Cl)c13)CC/C2=C\N1CCCCC1. The molecular formula is C17H18ClN3O. The fourth-order valence-electron chi connectivity index (χ4n) is 3.48. The van der Waals surface area contributed by atoms with Gasteiger partial charge in [-0.2, -0.15) is 4.98 Å². The molecule has 2 aromatic rings. The van der Waals surface area contributed by atoms with E-state index in [0.717, 1.165) is 37.4 Å². The zero-order valence-corrected chi connectivity index (χ0v) is 13.1. The summed E-state index contributed by atoms with van der Waals surface area (Å²) in [5.74, 6) is 0.811.